The van der Waals surface area contributed by atoms with Crippen LogP contribution in [-0.4, -0.2) is 0 Å². The maximum absolute atomic E-state index is 3.44. The first-order valence-corrected chi connectivity index (χ1v) is 11.8. The van der Waals surface area contributed by atoms with Gasteiger partial charge in [0.1, 0.15) is 0 Å². The van der Waals surface area contributed by atoms with Crippen molar-refractivity contribution < 1.29 is 16.3 Å². The van der Waals surface area contributed by atoms with E-state index in [1.54, 1.807) is 0 Å². The Balaban J connectivity index is 0.000000791. The average molecular weight is 307 g/mol. The zero-order valence-corrected chi connectivity index (χ0v) is 14.0. The molecule has 1 rings (SSSR count). The number of rotatable bonds is 2. The zero-order chi connectivity index (χ0) is 11.1. The Morgan fingerprint density at radius 1 is 1.00 bits per heavy atom. The van der Waals surface area contributed by atoms with E-state index in [4.69, 9.17) is 0 Å². The Morgan fingerprint density at radius 2 is 1.36 bits per heavy atom. The summed E-state index contributed by atoms with van der Waals surface area (Å²) in [6.07, 6.45) is 0. The van der Waals surface area contributed by atoms with E-state index in [9.17, 15) is 0 Å². The van der Waals surface area contributed by atoms with Gasteiger partial charge in [-0.25, -0.2) is 0 Å². The first kappa shape index (κ1) is 14.3. The Morgan fingerprint density at radius 3 is 1.64 bits per heavy atom. The number of halogens is 1. The van der Waals surface area contributed by atoms with Crippen LogP contribution in [0.15, 0.2) is 18.2 Å². The van der Waals surface area contributed by atoms with Crippen molar-refractivity contribution >= 4 is 13.6 Å². The van der Waals surface area contributed by atoms with Gasteiger partial charge in [-0.2, -0.15) is 35.4 Å². The van der Waals surface area contributed by atoms with Gasteiger partial charge < -0.3 is 0 Å². The summed E-state index contributed by atoms with van der Waals surface area (Å²) in [5.74, 6) is 1.17. The summed E-state index contributed by atoms with van der Waals surface area (Å²) in [6, 6.07) is 9.87. The van der Waals surface area contributed by atoms with Crippen molar-refractivity contribution in [2.24, 2.45) is 0 Å². The third kappa shape index (κ3) is 4.71. The summed E-state index contributed by atoms with van der Waals surface area (Å²) < 4.78 is 0. The second kappa shape index (κ2) is 7.59. The van der Waals surface area contributed by atoms with E-state index in [1.165, 1.54) is 27.5 Å². The van der Waals surface area contributed by atoms with Gasteiger partial charge in [-0.15, -0.1) is 0 Å². The first-order valence-electron chi connectivity index (χ1n) is 4.90. The minimum atomic E-state index is 0.587. The summed E-state index contributed by atoms with van der Waals surface area (Å²) in [7, 11) is 0. The molecule has 0 aliphatic carbocycles. The SMILES string of the molecule is CC(C)c1[c-]c(C(C)C)ccc1.[Zn+][Br]. The van der Waals surface area contributed by atoms with Crippen molar-refractivity contribution in [3.05, 3.63) is 35.4 Å². The summed E-state index contributed by atoms with van der Waals surface area (Å²) in [4.78, 5) is 0. The van der Waals surface area contributed by atoms with Gasteiger partial charge in [-0.3, -0.25) is 0 Å². The molecule has 0 aliphatic heterocycles. The predicted octanol–water partition coefficient (Wildman–Crippen LogP) is 4.58. The molecule has 0 heterocycles. The normalized spacial score (nSPS) is 10.1. The van der Waals surface area contributed by atoms with Crippen molar-refractivity contribution in [2.45, 2.75) is 39.5 Å². The van der Waals surface area contributed by atoms with Gasteiger partial charge in [0, 0.05) is 0 Å². The third-order valence-corrected chi connectivity index (χ3v) is 2.08. The third-order valence-electron chi connectivity index (χ3n) is 2.08. The van der Waals surface area contributed by atoms with E-state index in [0.717, 1.165) is 0 Å². The topological polar surface area (TPSA) is 0 Å². The number of benzene rings is 1. The Hall–Kier alpha value is 0.323. The van der Waals surface area contributed by atoms with Gasteiger partial charge in [0.2, 0.25) is 0 Å². The van der Waals surface area contributed by atoms with Crippen LogP contribution in [-0.2, 0) is 16.3 Å². The van der Waals surface area contributed by atoms with E-state index in [2.05, 4.69) is 65.6 Å². The molecule has 74 valence electrons. The molecular weight excluding hydrogens is 289 g/mol. The fourth-order valence-electron chi connectivity index (χ4n) is 1.18. The molecule has 0 radical (unpaired) electrons. The van der Waals surface area contributed by atoms with Crippen LogP contribution in [0.1, 0.15) is 50.7 Å². The van der Waals surface area contributed by atoms with Crippen LogP contribution < -0.4 is 0 Å². The van der Waals surface area contributed by atoms with Gasteiger partial charge in [-0.1, -0.05) is 27.7 Å². The molecule has 1 aromatic rings. The molecule has 1 aromatic carbocycles. The fraction of sp³-hybridized carbons (Fsp3) is 0.500. The summed E-state index contributed by atoms with van der Waals surface area (Å²) in [6.45, 7) is 8.82. The Labute approximate surface area is 105 Å². The quantitative estimate of drug-likeness (QED) is 0.554. The van der Waals surface area contributed by atoms with E-state index < -0.39 is 0 Å². The zero-order valence-electron chi connectivity index (χ0n) is 9.47. The van der Waals surface area contributed by atoms with Gasteiger partial charge in [-0.05, 0) is 11.8 Å². The molecule has 2 heteroatoms. The maximum atomic E-state index is 3.44. The fourth-order valence-corrected chi connectivity index (χ4v) is 1.18. The molecule has 0 saturated carbocycles. The van der Waals surface area contributed by atoms with E-state index in [0.29, 0.717) is 11.8 Å². The molecule has 0 spiro atoms. The molecule has 0 bridgehead atoms. The van der Waals surface area contributed by atoms with Crippen LogP contribution in [0.5, 0.6) is 0 Å². The van der Waals surface area contributed by atoms with Crippen LogP contribution in [0, 0.1) is 6.07 Å². The monoisotopic (exact) mass is 304 g/mol. The van der Waals surface area contributed by atoms with E-state index >= 15 is 0 Å². The molecular formula is C12H17BrZn. The second-order valence-electron chi connectivity index (χ2n) is 3.87. The first-order chi connectivity index (χ1) is 6.61. The molecule has 0 atom stereocenters. The van der Waals surface area contributed by atoms with Gasteiger partial charge in [0.25, 0.3) is 0 Å². The Bertz CT molecular complexity index is 233. The summed E-state index contributed by atoms with van der Waals surface area (Å²) in [5.41, 5.74) is 2.64. The second-order valence-corrected chi connectivity index (χ2v) is 3.87. The predicted molar refractivity (Wildman–Crippen MR) is 62.4 cm³/mol. The molecule has 0 unspecified atom stereocenters. The van der Waals surface area contributed by atoms with Crippen molar-refractivity contribution in [3.8, 4) is 0 Å². The van der Waals surface area contributed by atoms with E-state index in [1.807, 2.05) is 0 Å². The molecule has 0 aromatic heterocycles. The molecule has 0 saturated heterocycles. The molecule has 0 amide bonds. The van der Waals surface area contributed by atoms with Crippen molar-refractivity contribution in [2.75, 3.05) is 0 Å². The number of hydrogen-bond acceptors (Lipinski definition) is 0. The standard InChI is InChI=1S/C12H17.BrH.Zn/c1-9(2)11-6-5-7-12(8-11)10(3)4;;/h5-7,9-10H,1-4H3;1H;/q-1;;+2/p-1. The molecule has 0 N–H and O–H groups in total. The van der Waals surface area contributed by atoms with Crippen LogP contribution in [0.4, 0.5) is 0 Å². The van der Waals surface area contributed by atoms with Crippen LogP contribution in [0.3, 0.4) is 0 Å². The summed E-state index contributed by atoms with van der Waals surface area (Å²) >= 11 is 4.25. The van der Waals surface area contributed by atoms with Gasteiger partial charge in [0.15, 0.2) is 0 Å². The van der Waals surface area contributed by atoms with Crippen molar-refractivity contribution in [1.82, 2.24) is 0 Å². The molecule has 0 fully saturated rings. The average Bonchev–Trinajstić information content (AvgIpc) is 2.21. The summed E-state index contributed by atoms with van der Waals surface area (Å²) in [5, 5.41) is 0. The van der Waals surface area contributed by atoms with Crippen LogP contribution >= 0.6 is 13.6 Å². The minimum absolute atomic E-state index is 0.587. The van der Waals surface area contributed by atoms with Gasteiger partial charge in [0.05, 0.1) is 0 Å². The van der Waals surface area contributed by atoms with Crippen LogP contribution in [0.25, 0.3) is 0 Å². The molecule has 14 heavy (non-hydrogen) atoms. The molecule has 0 aliphatic rings. The number of hydrogen-bond donors (Lipinski definition) is 0. The van der Waals surface area contributed by atoms with E-state index in [-0.39, 0.29) is 0 Å². The van der Waals surface area contributed by atoms with Crippen molar-refractivity contribution in [3.63, 3.8) is 0 Å². The Kier molecular flexibility index (Phi) is 7.77. The van der Waals surface area contributed by atoms with Crippen LogP contribution in [0.2, 0.25) is 0 Å². The van der Waals surface area contributed by atoms with Crippen molar-refractivity contribution in [1.29, 1.82) is 0 Å². The van der Waals surface area contributed by atoms with Gasteiger partial charge >= 0.3 is 30.0 Å². The molecule has 0 nitrogen and oxygen atoms in total.